The fourth-order valence-corrected chi connectivity index (χ4v) is 2.53. The molecule has 0 rings (SSSR count). The molecule has 21 heavy (non-hydrogen) atoms. The lowest BCUT2D eigenvalue weighted by molar-refractivity contribution is -0.117. The summed E-state index contributed by atoms with van der Waals surface area (Å²) in [5.41, 5.74) is -0.920. The first-order valence-corrected chi connectivity index (χ1v) is 8.64. The number of hydrogen-bond donors (Lipinski definition) is 3. The zero-order chi connectivity index (χ0) is 16.0. The Morgan fingerprint density at radius 3 is 1.76 bits per heavy atom. The van der Waals surface area contributed by atoms with Crippen molar-refractivity contribution in [2.75, 3.05) is 26.4 Å². The molecule has 0 amide bonds. The summed E-state index contributed by atoms with van der Waals surface area (Å²) in [6.45, 7) is 4.25. The molecular formula is C17H36O4. The van der Waals surface area contributed by atoms with E-state index >= 15 is 0 Å². The molecule has 0 aliphatic carbocycles. The molecule has 0 bridgehead atoms. The van der Waals surface area contributed by atoms with Crippen molar-refractivity contribution in [3.63, 3.8) is 0 Å². The summed E-state index contributed by atoms with van der Waals surface area (Å²) in [4.78, 5) is 0. The van der Waals surface area contributed by atoms with Crippen molar-refractivity contribution in [3.05, 3.63) is 0 Å². The quantitative estimate of drug-likeness (QED) is 0.407. The van der Waals surface area contributed by atoms with E-state index in [-0.39, 0.29) is 25.9 Å². The van der Waals surface area contributed by atoms with Gasteiger partial charge in [0.25, 0.3) is 0 Å². The molecule has 0 aliphatic rings. The number of aliphatic hydroxyl groups excluding tert-OH is 3. The summed E-state index contributed by atoms with van der Waals surface area (Å²) in [7, 11) is 0. The molecule has 4 nitrogen and oxygen atoms in total. The monoisotopic (exact) mass is 304 g/mol. The third kappa shape index (κ3) is 8.15. The first-order valence-electron chi connectivity index (χ1n) is 8.64. The van der Waals surface area contributed by atoms with Crippen LogP contribution in [0, 0.1) is 5.41 Å². The van der Waals surface area contributed by atoms with Gasteiger partial charge in [0.15, 0.2) is 0 Å². The van der Waals surface area contributed by atoms with Gasteiger partial charge in [0.2, 0.25) is 0 Å². The molecule has 4 heteroatoms. The molecule has 128 valence electrons. The van der Waals surface area contributed by atoms with Crippen LogP contribution in [0.25, 0.3) is 0 Å². The van der Waals surface area contributed by atoms with Gasteiger partial charge in [-0.15, -0.1) is 0 Å². The lowest BCUT2D eigenvalue weighted by Gasteiger charge is -2.36. The topological polar surface area (TPSA) is 69.9 Å². The third-order valence-corrected chi connectivity index (χ3v) is 4.26. The molecule has 0 spiro atoms. The van der Waals surface area contributed by atoms with E-state index in [1.54, 1.807) is 0 Å². The molecule has 3 N–H and O–H groups in total. The van der Waals surface area contributed by atoms with Crippen molar-refractivity contribution in [2.45, 2.75) is 77.7 Å². The minimum atomic E-state index is -0.920. The fraction of sp³-hybridized carbons (Fsp3) is 1.00. The Morgan fingerprint density at radius 2 is 1.29 bits per heavy atom. The summed E-state index contributed by atoms with van der Waals surface area (Å²) in [5, 5.41) is 28.8. The zero-order valence-electron chi connectivity index (χ0n) is 14.0. The number of ether oxygens (including phenoxy) is 1. The van der Waals surface area contributed by atoms with E-state index in [2.05, 4.69) is 13.8 Å². The molecule has 1 unspecified atom stereocenters. The lowest BCUT2D eigenvalue weighted by atomic mass is 9.81. The number of hydrogen-bond acceptors (Lipinski definition) is 4. The van der Waals surface area contributed by atoms with Gasteiger partial charge in [-0.25, -0.2) is 0 Å². The highest BCUT2D eigenvalue weighted by molar-refractivity contribution is 4.86. The fourth-order valence-electron chi connectivity index (χ4n) is 2.53. The van der Waals surface area contributed by atoms with Gasteiger partial charge in [-0.05, 0) is 12.8 Å². The first kappa shape index (κ1) is 20.8. The van der Waals surface area contributed by atoms with Crippen LogP contribution < -0.4 is 0 Å². The van der Waals surface area contributed by atoms with Gasteiger partial charge >= 0.3 is 0 Å². The average molecular weight is 304 g/mol. The second kappa shape index (κ2) is 13.5. The highest BCUT2D eigenvalue weighted by Crippen LogP contribution is 2.28. The van der Waals surface area contributed by atoms with Crippen LogP contribution in [-0.4, -0.2) is 47.9 Å². The highest BCUT2D eigenvalue weighted by atomic mass is 16.5. The molecule has 0 radical (unpaired) electrons. The van der Waals surface area contributed by atoms with E-state index in [0.29, 0.717) is 6.61 Å². The van der Waals surface area contributed by atoms with Crippen LogP contribution in [0.3, 0.4) is 0 Å². The van der Waals surface area contributed by atoms with Crippen molar-refractivity contribution >= 4 is 0 Å². The van der Waals surface area contributed by atoms with Crippen LogP contribution in [0.2, 0.25) is 0 Å². The van der Waals surface area contributed by atoms with Gasteiger partial charge in [0.1, 0.15) is 0 Å². The van der Waals surface area contributed by atoms with Crippen LogP contribution in [-0.2, 0) is 4.74 Å². The predicted octanol–water partition coefficient (Wildman–Crippen LogP) is 2.89. The van der Waals surface area contributed by atoms with Gasteiger partial charge in [0, 0.05) is 6.61 Å². The SMILES string of the molecule is CCCCCCOC(CCCCCC)C(CO)(CO)CO. The summed E-state index contributed by atoms with van der Waals surface area (Å²) in [5.74, 6) is 0. The standard InChI is InChI=1S/C17H36O4/c1-3-5-7-9-11-16(17(13-18,14-19)15-20)21-12-10-8-6-4-2/h16,18-20H,3-15H2,1-2H3. The van der Waals surface area contributed by atoms with Crippen molar-refractivity contribution in [3.8, 4) is 0 Å². The zero-order valence-corrected chi connectivity index (χ0v) is 14.0. The molecule has 0 heterocycles. The third-order valence-electron chi connectivity index (χ3n) is 4.26. The second-order valence-electron chi connectivity index (χ2n) is 6.11. The van der Waals surface area contributed by atoms with Crippen LogP contribution in [0.15, 0.2) is 0 Å². The Hall–Kier alpha value is -0.160. The summed E-state index contributed by atoms with van der Waals surface area (Å²) in [6, 6.07) is 0. The number of unbranched alkanes of at least 4 members (excludes halogenated alkanes) is 6. The van der Waals surface area contributed by atoms with Crippen LogP contribution in [0.5, 0.6) is 0 Å². The minimum Gasteiger partial charge on any atom is -0.396 e. The maximum absolute atomic E-state index is 9.59. The lowest BCUT2D eigenvalue weighted by Crippen LogP contribution is -2.46. The smallest absolute Gasteiger partial charge is 0.0697 e. The van der Waals surface area contributed by atoms with E-state index in [9.17, 15) is 15.3 Å². The minimum absolute atomic E-state index is 0.243. The molecule has 0 aromatic heterocycles. The van der Waals surface area contributed by atoms with Gasteiger partial charge in [-0.3, -0.25) is 0 Å². The van der Waals surface area contributed by atoms with Gasteiger partial charge < -0.3 is 20.1 Å². The molecule has 0 aliphatic heterocycles. The first-order chi connectivity index (χ1) is 10.2. The van der Waals surface area contributed by atoms with Crippen molar-refractivity contribution in [1.29, 1.82) is 0 Å². The summed E-state index contributed by atoms with van der Waals surface area (Å²) < 4.78 is 5.93. The second-order valence-corrected chi connectivity index (χ2v) is 6.11. The highest BCUT2D eigenvalue weighted by Gasteiger charge is 2.38. The van der Waals surface area contributed by atoms with Gasteiger partial charge in [0.05, 0.1) is 31.3 Å². The van der Waals surface area contributed by atoms with Crippen molar-refractivity contribution in [2.24, 2.45) is 5.41 Å². The van der Waals surface area contributed by atoms with E-state index in [4.69, 9.17) is 4.74 Å². The summed E-state index contributed by atoms with van der Waals surface area (Å²) in [6.07, 6.45) is 9.55. The molecular weight excluding hydrogens is 268 g/mol. The maximum atomic E-state index is 9.59. The average Bonchev–Trinajstić information content (AvgIpc) is 2.52. The molecule has 1 atom stereocenters. The van der Waals surface area contributed by atoms with Crippen LogP contribution in [0.4, 0.5) is 0 Å². The Morgan fingerprint density at radius 1 is 0.762 bits per heavy atom. The van der Waals surface area contributed by atoms with Gasteiger partial charge in [-0.2, -0.15) is 0 Å². The number of aliphatic hydroxyl groups is 3. The Kier molecular flexibility index (Phi) is 13.4. The van der Waals surface area contributed by atoms with Crippen molar-refractivity contribution < 1.29 is 20.1 Å². The van der Waals surface area contributed by atoms with Crippen molar-refractivity contribution in [1.82, 2.24) is 0 Å². The molecule has 0 saturated carbocycles. The van der Waals surface area contributed by atoms with E-state index < -0.39 is 5.41 Å². The Bertz CT molecular complexity index is 209. The predicted molar refractivity (Wildman–Crippen MR) is 86.3 cm³/mol. The maximum Gasteiger partial charge on any atom is 0.0697 e. The normalized spacial score (nSPS) is 13.6. The van der Waals surface area contributed by atoms with E-state index in [1.165, 1.54) is 25.7 Å². The van der Waals surface area contributed by atoms with Crippen LogP contribution in [0.1, 0.15) is 71.6 Å². The molecule has 0 aromatic rings. The Balaban J connectivity index is 4.37. The summed E-state index contributed by atoms with van der Waals surface area (Å²) >= 11 is 0. The van der Waals surface area contributed by atoms with E-state index in [0.717, 1.165) is 32.1 Å². The number of rotatable bonds is 15. The van der Waals surface area contributed by atoms with E-state index in [1.807, 2.05) is 0 Å². The molecule has 0 aromatic carbocycles. The molecule has 0 fully saturated rings. The van der Waals surface area contributed by atoms with Gasteiger partial charge in [-0.1, -0.05) is 58.8 Å². The molecule has 0 saturated heterocycles. The van der Waals surface area contributed by atoms with Crippen LogP contribution >= 0.6 is 0 Å². The Labute approximate surface area is 130 Å². The largest absolute Gasteiger partial charge is 0.396 e.